The second-order valence-corrected chi connectivity index (χ2v) is 6.71. The second-order valence-electron chi connectivity index (χ2n) is 5.60. The van der Waals surface area contributed by atoms with Gasteiger partial charge in [-0.15, -0.1) is 11.3 Å². The molecule has 116 valence electrons. The zero-order valence-electron chi connectivity index (χ0n) is 12.3. The Morgan fingerprint density at radius 1 is 1.35 bits per heavy atom. The van der Waals surface area contributed by atoms with Gasteiger partial charge < -0.3 is 10.4 Å². The fraction of sp³-hybridized carbons (Fsp3) is 0.235. The van der Waals surface area contributed by atoms with Gasteiger partial charge in [-0.05, 0) is 25.0 Å². The molecule has 0 saturated heterocycles. The molecule has 1 amide bonds. The number of carbonyl (C=O) groups is 1. The van der Waals surface area contributed by atoms with Crippen molar-refractivity contribution in [3.63, 3.8) is 0 Å². The van der Waals surface area contributed by atoms with Crippen LogP contribution in [0.15, 0.2) is 36.5 Å². The smallest absolute Gasteiger partial charge is 0.252 e. The number of aliphatic hydroxyl groups is 1. The number of carbonyl (C=O) groups excluding carboxylic acids is 1. The normalized spacial score (nSPS) is 14.1. The number of pyridine rings is 1. The van der Waals surface area contributed by atoms with E-state index in [0.29, 0.717) is 22.3 Å². The van der Waals surface area contributed by atoms with Crippen molar-refractivity contribution in [1.82, 2.24) is 15.3 Å². The van der Waals surface area contributed by atoms with E-state index in [2.05, 4.69) is 15.3 Å². The molecule has 0 aliphatic heterocycles. The molecule has 23 heavy (non-hydrogen) atoms. The highest BCUT2D eigenvalue weighted by Gasteiger charge is 2.25. The summed E-state index contributed by atoms with van der Waals surface area (Å²) in [4.78, 5) is 22.2. The van der Waals surface area contributed by atoms with Crippen molar-refractivity contribution in [2.75, 3.05) is 0 Å². The molecule has 5 nitrogen and oxygen atoms in total. The number of nitrogens with one attached hydrogen (secondary N) is 1. The van der Waals surface area contributed by atoms with Gasteiger partial charge in [-0.25, -0.2) is 9.97 Å². The first-order valence-corrected chi connectivity index (χ1v) is 8.33. The third-order valence-corrected chi connectivity index (χ3v) is 4.82. The first-order valence-electron chi connectivity index (χ1n) is 7.51. The maximum Gasteiger partial charge on any atom is 0.252 e. The Labute approximate surface area is 137 Å². The quantitative estimate of drug-likeness (QED) is 0.773. The summed E-state index contributed by atoms with van der Waals surface area (Å²) < 4.78 is 0. The van der Waals surface area contributed by atoms with Gasteiger partial charge in [0.25, 0.3) is 5.91 Å². The average molecular weight is 325 g/mol. The van der Waals surface area contributed by atoms with E-state index in [1.165, 1.54) is 11.3 Å². The lowest BCUT2D eigenvalue weighted by Gasteiger charge is -2.09. The maximum absolute atomic E-state index is 12.6. The van der Waals surface area contributed by atoms with E-state index in [1.54, 1.807) is 6.20 Å². The molecular weight excluding hydrogens is 310 g/mol. The fourth-order valence-corrected chi connectivity index (χ4v) is 3.22. The van der Waals surface area contributed by atoms with Gasteiger partial charge >= 0.3 is 0 Å². The van der Waals surface area contributed by atoms with Gasteiger partial charge in [0.05, 0.1) is 28.3 Å². The standard InChI is InChI=1S/C17H15N3O2S/c21-9-16-18-8-15(23-16)14-7-12(17(22)19-10-5-6-10)11-3-1-2-4-13(11)20-14/h1-4,7-8,10,21H,5-6,9H2,(H,19,22). The first kappa shape index (κ1) is 14.3. The van der Waals surface area contributed by atoms with Crippen molar-refractivity contribution < 1.29 is 9.90 Å². The molecule has 3 aromatic rings. The van der Waals surface area contributed by atoms with Crippen molar-refractivity contribution in [1.29, 1.82) is 0 Å². The Balaban J connectivity index is 1.83. The molecule has 2 N–H and O–H groups in total. The van der Waals surface area contributed by atoms with Gasteiger partial charge in [-0.2, -0.15) is 0 Å². The number of amides is 1. The lowest BCUT2D eigenvalue weighted by atomic mass is 10.1. The number of nitrogens with zero attached hydrogens (tertiary/aromatic N) is 2. The zero-order chi connectivity index (χ0) is 15.8. The van der Waals surface area contributed by atoms with Gasteiger partial charge in [0.2, 0.25) is 0 Å². The van der Waals surface area contributed by atoms with Gasteiger partial charge in [-0.1, -0.05) is 18.2 Å². The van der Waals surface area contributed by atoms with Crippen molar-refractivity contribution in [3.8, 4) is 10.6 Å². The van der Waals surface area contributed by atoms with Crippen LogP contribution < -0.4 is 5.32 Å². The van der Waals surface area contributed by atoms with Crippen LogP contribution in [0.3, 0.4) is 0 Å². The monoisotopic (exact) mass is 325 g/mol. The minimum absolute atomic E-state index is 0.0563. The van der Waals surface area contributed by atoms with E-state index < -0.39 is 0 Å². The van der Waals surface area contributed by atoms with Crippen molar-refractivity contribution in [2.45, 2.75) is 25.5 Å². The molecule has 1 aliphatic carbocycles. The van der Waals surface area contributed by atoms with Crippen LogP contribution in [-0.2, 0) is 6.61 Å². The molecule has 6 heteroatoms. The van der Waals surface area contributed by atoms with Gasteiger partial charge in [0.1, 0.15) is 5.01 Å². The third-order valence-electron chi connectivity index (χ3n) is 3.81. The van der Waals surface area contributed by atoms with Crippen LogP contribution in [0.4, 0.5) is 0 Å². The molecule has 2 aromatic heterocycles. The highest BCUT2D eigenvalue weighted by Crippen LogP contribution is 2.29. The van der Waals surface area contributed by atoms with E-state index in [9.17, 15) is 9.90 Å². The summed E-state index contributed by atoms with van der Waals surface area (Å²) in [7, 11) is 0. The molecule has 1 saturated carbocycles. The van der Waals surface area contributed by atoms with E-state index >= 15 is 0 Å². The SMILES string of the molecule is O=C(NC1CC1)c1cc(-c2cnc(CO)s2)nc2ccccc12. The summed E-state index contributed by atoms with van der Waals surface area (Å²) in [6.07, 6.45) is 3.79. The van der Waals surface area contributed by atoms with Crippen molar-refractivity contribution in [2.24, 2.45) is 0 Å². The predicted molar refractivity (Wildman–Crippen MR) is 89.3 cm³/mol. The average Bonchev–Trinajstić information content (AvgIpc) is 3.26. The molecule has 0 spiro atoms. The van der Waals surface area contributed by atoms with E-state index in [-0.39, 0.29) is 12.5 Å². The summed E-state index contributed by atoms with van der Waals surface area (Å²) >= 11 is 1.39. The number of fused-ring (bicyclic) bond motifs is 1. The van der Waals surface area contributed by atoms with Crippen LogP contribution >= 0.6 is 11.3 Å². The van der Waals surface area contributed by atoms with Gasteiger partial charge in [0, 0.05) is 17.6 Å². The van der Waals surface area contributed by atoms with Crippen LogP contribution in [-0.4, -0.2) is 27.0 Å². The number of rotatable bonds is 4. The highest BCUT2D eigenvalue weighted by atomic mass is 32.1. The maximum atomic E-state index is 12.6. The van der Waals surface area contributed by atoms with Crippen LogP contribution in [0.1, 0.15) is 28.2 Å². The van der Waals surface area contributed by atoms with Crippen LogP contribution in [0, 0.1) is 0 Å². The lowest BCUT2D eigenvalue weighted by Crippen LogP contribution is -2.25. The summed E-state index contributed by atoms with van der Waals surface area (Å²) in [5.41, 5.74) is 2.13. The Bertz CT molecular complexity index is 886. The fourth-order valence-electron chi connectivity index (χ4n) is 2.48. The van der Waals surface area contributed by atoms with Crippen LogP contribution in [0.5, 0.6) is 0 Å². The third kappa shape index (κ3) is 2.83. The molecule has 1 fully saturated rings. The molecule has 2 heterocycles. The van der Waals surface area contributed by atoms with E-state index in [4.69, 9.17) is 0 Å². The number of para-hydroxylation sites is 1. The number of aliphatic hydroxyl groups excluding tert-OH is 1. The molecule has 0 radical (unpaired) electrons. The van der Waals surface area contributed by atoms with Gasteiger partial charge in [0.15, 0.2) is 0 Å². The van der Waals surface area contributed by atoms with E-state index in [1.807, 2.05) is 30.3 Å². The second kappa shape index (κ2) is 5.72. The largest absolute Gasteiger partial charge is 0.389 e. The van der Waals surface area contributed by atoms with E-state index in [0.717, 1.165) is 28.6 Å². The highest BCUT2D eigenvalue weighted by molar-refractivity contribution is 7.15. The minimum atomic E-state index is -0.0900. The molecule has 1 aromatic carbocycles. The molecule has 1 aliphatic rings. The topological polar surface area (TPSA) is 75.1 Å². The number of thiazole rings is 1. The molecule has 4 rings (SSSR count). The minimum Gasteiger partial charge on any atom is -0.389 e. The number of hydrogen-bond acceptors (Lipinski definition) is 5. The first-order chi connectivity index (χ1) is 11.2. The number of hydrogen-bond donors (Lipinski definition) is 2. The molecule has 0 bridgehead atoms. The van der Waals surface area contributed by atoms with Crippen LogP contribution in [0.2, 0.25) is 0 Å². The zero-order valence-corrected chi connectivity index (χ0v) is 13.1. The molecule has 0 atom stereocenters. The van der Waals surface area contributed by atoms with Crippen molar-refractivity contribution in [3.05, 3.63) is 47.1 Å². The predicted octanol–water partition coefficient (Wildman–Crippen LogP) is 2.74. The summed E-state index contributed by atoms with van der Waals surface area (Å²) in [6, 6.07) is 9.76. The molecular formula is C17H15N3O2S. The Morgan fingerprint density at radius 2 is 2.17 bits per heavy atom. The number of aromatic nitrogens is 2. The number of benzene rings is 1. The lowest BCUT2D eigenvalue weighted by molar-refractivity contribution is 0.0952. The summed E-state index contributed by atoms with van der Waals surface area (Å²) in [5, 5.41) is 13.7. The van der Waals surface area contributed by atoms with Crippen LogP contribution in [0.25, 0.3) is 21.5 Å². The Kier molecular flexibility index (Phi) is 3.55. The Hall–Kier alpha value is -2.31. The van der Waals surface area contributed by atoms with Gasteiger partial charge in [-0.3, -0.25) is 4.79 Å². The van der Waals surface area contributed by atoms with Crippen molar-refractivity contribution >= 4 is 28.1 Å². The molecule has 0 unspecified atom stereocenters. The summed E-state index contributed by atoms with van der Waals surface area (Å²) in [5.74, 6) is -0.0563. The summed E-state index contributed by atoms with van der Waals surface area (Å²) in [6.45, 7) is -0.0900. The Morgan fingerprint density at radius 3 is 2.91 bits per heavy atom.